The molecule has 0 saturated carbocycles. The molecule has 0 bridgehead atoms. The van der Waals surface area contributed by atoms with Gasteiger partial charge in [0.15, 0.2) is 0 Å². The molecule has 1 aliphatic heterocycles. The molecule has 0 spiro atoms. The lowest BCUT2D eigenvalue weighted by atomic mass is 10.1. The van der Waals surface area contributed by atoms with Crippen molar-refractivity contribution in [2.24, 2.45) is 0 Å². The van der Waals surface area contributed by atoms with Crippen LogP contribution in [0.2, 0.25) is 0 Å². The zero-order chi connectivity index (χ0) is 10.7. The number of rotatable bonds is 2. The molecular weight excluding hydrogens is 212 g/mol. The van der Waals surface area contributed by atoms with E-state index in [1.54, 1.807) is 12.4 Å². The molecule has 1 saturated heterocycles. The Hall–Kier alpha value is -1.10. The number of hydrogen-bond donors (Lipinski definition) is 1. The molecule has 0 aliphatic carbocycles. The summed E-state index contributed by atoms with van der Waals surface area (Å²) in [5.41, 5.74) is 1.01. The van der Waals surface area contributed by atoms with Crippen molar-refractivity contribution in [3.8, 4) is 0 Å². The predicted octanol–water partition coefficient (Wildman–Crippen LogP) is 1.07. The van der Waals surface area contributed by atoms with Crippen LogP contribution in [0.3, 0.4) is 0 Å². The SMILES string of the molecule is O=S1(=O)CCC(Nc2ccncc2)CC1. The number of nitrogens with zero attached hydrogens (tertiary/aromatic N) is 1. The maximum atomic E-state index is 11.2. The number of nitrogens with one attached hydrogen (secondary N) is 1. The monoisotopic (exact) mass is 226 g/mol. The summed E-state index contributed by atoms with van der Waals surface area (Å²) in [6.45, 7) is 0. The van der Waals surface area contributed by atoms with Gasteiger partial charge in [-0.15, -0.1) is 0 Å². The van der Waals surface area contributed by atoms with E-state index in [1.165, 1.54) is 0 Å². The minimum Gasteiger partial charge on any atom is -0.382 e. The Morgan fingerprint density at radius 1 is 1.20 bits per heavy atom. The molecule has 0 aromatic carbocycles. The van der Waals surface area contributed by atoms with Gasteiger partial charge in [0.25, 0.3) is 0 Å². The highest BCUT2D eigenvalue weighted by atomic mass is 32.2. The van der Waals surface area contributed by atoms with E-state index in [0.29, 0.717) is 24.3 Å². The average Bonchev–Trinajstić information content (AvgIpc) is 2.23. The Morgan fingerprint density at radius 2 is 1.80 bits per heavy atom. The smallest absolute Gasteiger partial charge is 0.150 e. The first kappa shape index (κ1) is 10.4. The van der Waals surface area contributed by atoms with Gasteiger partial charge in [-0.3, -0.25) is 4.98 Å². The maximum Gasteiger partial charge on any atom is 0.150 e. The third-order valence-electron chi connectivity index (χ3n) is 2.61. The van der Waals surface area contributed by atoms with Crippen molar-refractivity contribution in [3.05, 3.63) is 24.5 Å². The molecule has 1 aromatic rings. The molecule has 1 aliphatic rings. The predicted molar refractivity (Wildman–Crippen MR) is 59.5 cm³/mol. The molecule has 1 aromatic heterocycles. The second-order valence-corrected chi connectivity index (χ2v) is 6.11. The van der Waals surface area contributed by atoms with Crippen LogP contribution < -0.4 is 5.32 Å². The fourth-order valence-electron chi connectivity index (χ4n) is 1.72. The fraction of sp³-hybridized carbons (Fsp3) is 0.500. The van der Waals surface area contributed by atoms with Crippen LogP contribution in [0.15, 0.2) is 24.5 Å². The van der Waals surface area contributed by atoms with E-state index in [1.807, 2.05) is 12.1 Å². The summed E-state index contributed by atoms with van der Waals surface area (Å²) in [7, 11) is -2.76. The van der Waals surface area contributed by atoms with Gasteiger partial charge in [-0.2, -0.15) is 0 Å². The highest BCUT2D eigenvalue weighted by Crippen LogP contribution is 2.16. The van der Waals surface area contributed by atoms with Crippen molar-refractivity contribution >= 4 is 15.5 Å². The third-order valence-corrected chi connectivity index (χ3v) is 4.32. The van der Waals surface area contributed by atoms with Gasteiger partial charge in [0.05, 0.1) is 11.5 Å². The molecule has 0 atom stereocenters. The molecule has 2 heterocycles. The molecular formula is C10H14N2O2S. The van der Waals surface area contributed by atoms with E-state index < -0.39 is 9.84 Å². The molecule has 15 heavy (non-hydrogen) atoms. The Kier molecular flexibility index (Phi) is 2.90. The van der Waals surface area contributed by atoms with Crippen LogP contribution in [0.1, 0.15) is 12.8 Å². The summed E-state index contributed by atoms with van der Waals surface area (Å²) < 4.78 is 22.4. The zero-order valence-electron chi connectivity index (χ0n) is 8.39. The van der Waals surface area contributed by atoms with Crippen LogP contribution in [0.25, 0.3) is 0 Å². The highest BCUT2D eigenvalue weighted by Gasteiger charge is 2.23. The number of aromatic nitrogens is 1. The van der Waals surface area contributed by atoms with Crippen molar-refractivity contribution in [1.82, 2.24) is 4.98 Å². The summed E-state index contributed by atoms with van der Waals surface area (Å²) in [5, 5.41) is 3.31. The van der Waals surface area contributed by atoms with Crippen LogP contribution >= 0.6 is 0 Å². The van der Waals surface area contributed by atoms with Crippen molar-refractivity contribution < 1.29 is 8.42 Å². The number of hydrogen-bond acceptors (Lipinski definition) is 4. The van der Waals surface area contributed by atoms with Crippen LogP contribution in [-0.4, -0.2) is 30.9 Å². The Balaban J connectivity index is 1.93. The van der Waals surface area contributed by atoms with Gasteiger partial charge in [-0.25, -0.2) is 8.42 Å². The number of anilines is 1. The Morgan fingerprint density at radius 3 is 2.40 bits per heavy atom. The number of sulfone groups is 1. The molecule has 4 nitrogen and oxygen atoms in total. The minimum absolute atomic E-state index is 0.274. The van der Waals surface area contributed by atoms with E-state index in [-0.39, 0.29) is 6.04 Å². The van der Waals surface area contributed by atoms with Crippen molar-refractivity contribution in [3.63, 3.8) is 0 Å². The first-order valence-corrected chi connectivity index (χ1v) is 6.85. The zero-order valence-corrected chi connectivity index (χ0v) is 9.20. The molecule has 0 radical (unpaired) electrons. The average molecular weight is 226 g/mol. The van der Waals surface area contributed by atoms with Gasteiger partial charge >= 0.3 is 0 Å². The van der Waals surface area contributed by atoms with E-state index in [2.05, 4.69) is 10.3 Å². The summed E-state index contributed by atoms with van der Waals surface area (Å²) in [6.07, 6.45) is 4.85. The van der Waals surface area contributed by atoms with Crippen LogP contribution in [-0.2, 0) is 9.84 Å². The Bertz CT molecular complexity index is 402. The lowest BCUT2D eigenvalue weighted by Crippen LogP contribution is -2.32. The van der Waals surface area contributed by atoms with Gasteiger partial charge in [-0.05, 0) is 25.0 Å². The molecule has 0 unspecified atom stereocenters. The molecule has 82 valence electrons. The van der Waals surface area contributed by atoms with Crippen molar-refractivity contribution in [2.75, 3.05) is 16.8 Å². The minimum atomic E-state index is -2.76. The molecule has 5 heteroatoms. The van der Waals surface area contributed by atoms with Crippen LogP contribution in [0, 0.1) is 0 Å². The van der Waals surface area contributed by atoms with Crippen molar-refractivity contribution in [1.29, 1.82) is 0 Å². The normalized spacial score (nSPS) is 21.1. The summed E-state index contributed by atoms with van der Waals surface area (Å²) in [5.74, 6) is 0.603. The van der Waals surface area contributed by atoms with Gasteiger partial charge in [0, 0.05) is 24.1 Å². The molecule has 1 fully saturated rings. The Labute approximate surface area is 89.6 Å². The second-order valence-electron chi connectivity index (χ2n) is 3.81. The van der Waals surface area contributed by atoms with Crippen LogP contribution in [0.4, 0.5) is 5.69 Å². The topological polar surface area (TPSA) is 59.1 Å². The summed E-state index contributed by atoms with van der Waals surface area (Å²) in [6, 6.07) is 4.06. The van der Waals surface area contributed by atoms with Gasteiger partial charge < -0.3 is 5.32 Å². The standard InChI is InChI=1S/C10H14N2O2S/c13-15(14)7-3-10(4-8-15)12-9-1-5-11-6-2-9/h1-2,5-6,10H,3-4,7-8H2,(H,11,12). The van der Waals surface area contributed by atoms with E-state index in [9.17, 15) is 8.42 Å². The fourth-order valence-corrected chi connectivity index (χ4v) is 3.21. The van der Waals surface area contributed by atoms with Gasteiger partial charge in [0.2, 0.25) is 0 Å². The van der Waals surface area contributed by atoms with E-state index in [4.69, 9.17) is 0 Å². The molecule has 0 amide bonds. The van der Waals surface area contributed by atoms with E-state index >= 15 is 0 Å². The first-order chi connectivity index (χ1) is 7.16. The lowest BCUT2D eigenvalue weighted by Gasteiger charge is -2.23. The second kappa shape index (κ2) is 4.18. The largest absolute Gasteiger partial charge is 0.382 e. The first-order valence-electron chi connectivity index (χ1n) is 5.03. The number of pyridine rings is 1. The van der Waals surface area contributed by atoms with E-state index in [0.717, 1.165) is 5.69 Å². The maximum absolute atomic E-state index is 11.2. The molecule has 1 N–H and O–H groups in total. The lowest BCUT2D eigenvalue weighted by molar-refractivity contribution is 0.559. The van der Waals surface area contributed by atoms with Gasteiger partial charge in [0.1, 0.15) is 9.84 Å². The summed E-state index contributed by atoms with van der Waals surface area (Å²) in [4.78, 5) is 3.93. The quantitative estimate of drug-likeness (QED) is 0.819. The van der Waals surface area contributed by atoms with Crippen LogP contribution in [0.5, 0.6) is 0 Å². The summed E-state index contributed by atoms with van der Waals surface area (Å²) >= 11 is 0. The van der Waals surface area contributed by atoms with Gasteiger partial charge in [-0.1, -0.05) is 0 Å². The third kappa shape index (κ3) is 2.92. The highest BCUT2D eigenvalue weighted by molar-refractivity contribution is 7.91. The molecule has 2 rings (SSSR count). The van der Waals surface area contributed by atoms with Crippen molar-refractivity contribution in [2.45, 2.75) is 18.9 Å².